The van der Waals surface area contributed by atoms with E-state index in [1.165, 1.54) is 37.5 Å². The van der Waals surface area contributed by atoms with Gasteiger partial charge in [-0.25, -0.2) is 5.43 Å². The maximum Gasteiger partial charge on any atom is 0.247 e. The number of amides is 1. The normalized spacial score (nSPS) is 11.1. The van der Waals surface area contributed by atoms with E-state index < -0.39 is 0 Å². The largest absolute Gasteiger partial charge is 0.490 e. The van der Waals surface area contributed by atoms with Gasteiger partial charge in [-0.3, -0.25) is 4.79 Å². The van der Waals surface area contributed by atoms with Gasteiger partial charge in [-0.2, -0.15) is 5.10 Å². The summed E-state index contributed by atoms with van der Waals surface area (Å²) in [6.07, 6.45) is 7.57. The molecular weight excluding hydrogens is 521 g/mol. The molecule has 8 nitrogen and oxygen atoms in total. The van der Waals surface area contributed by atoms with E-state index in [0.717, 1.165) is 23.5 Å². The van der Waals surface area contributed by atoms with Crippen LogP contribution in [0.1, 0.15) is 48.7 Å². The number of ether oxygens (including phenoxy) is 2. The minimum atomic E-state index is -0.346. The highest BCUT2D eigenvalue weighted by atomic mass is 35.5. The monoisotopic (exact) mass is 549 g/mol. The molecule has 2 aromatic carbocycles. The first kappa shape index (κ1) is 27.7. The quantitative estimate of drug-likeness (QED) is 0.151. The summed E-state index contributed by atoms with van der Waals surface area (Å²) in [4.78, 5) is 11.9. The summed E-state index contributed by atoms with van der Waals surface area (Å²) in [7, 11) is 0. The van der Waals surface area contributed by atoms with Gasteiger partial charge in [-0.05, 0) is 48.2 Å². The van der Waals surface area contributed by atoms with E-state index in [2.05, 4.69) is 39.8 Å². The van der Waals surface area contributed by atoms with Crippen LogP contribution in [-0.4, -0.2) is 35.5 Å². The van der Waals surface area contributed by atoms with Gasteiger partial charge in [-0.15, -0.1) is 10.2 Å². The van der Waals surface area contributed by atoms with Crippen molar-refractivity contribution in [3.8, 4) is 11.5 Å². The molecule has 0 aliphatic carbocycles. The van der Waals surface area contributed by atoms with Crippen LogP contribution in [0.2, 0.25) is 10.0 Å². The Kier molecular flexibility index (Phi) is 11.3. The van der Waals surface area contributed by atoms with Crippen molar-refractivity contribution in [1.82, 2.24) is 15.6 Å². The number of aromatic nitrogens is 2. The molecule has 36 heavy (non-hydrogen) atoms. The zero-order valence-electron chi connectivity index (χ0n) is 20.0. The lowest BCUT2D eigenvalue weighted by Crippen LogP contribution is -2.19. The zero-order chi connectivity index (χ0) is 25.8. The first-order valence-electron chi connectivity index (χ1n) is 11.7. The molecule has 0 bridgehead atoms. The first-order valence-corrected chi connectivity index (χ1v) is 13.2. The van der Waals surface area contributed by atoms with Crippen LogP contribution < -0.4 is 20.6 Å². The Bertz CT molecular complexity index is 1130. The highest BCUT2D eigenvalue weighted by molar-refractivity contribution is 7.15. The van der Waals surface area contributed by atoms with E-state index in [1.54, 1.807) is 12.1 Å². The molecule has 0 aliphatic heterocycles. The Balaban J connectivity index is 1.41. The van der Waals surface area contributed by atoms with E-state index in [1.807, 2.05) is 12.1 Å². The third-order valence-electron chi connectivity index (χ3n) is 5.06. The average molecular weight is 551 g/mol. The lowest BCUT2D eigenvalue weighted by molar-refractivity contribution is -0.120. The van der Waals surface area contributed by atoms with Gasteiger partial charge >= 0.3 is 0 Å². The number of benzene rings is 2. The number of aryl methyl sites for hydroxylation is 1. The number of anilines is 1. The molecule has 0 aliphatic rings. The van der Waals surface area contributed by atoms with Crippen LogP contribution >= 0.6 is 34.5 Å². The van der Waals surface area contributed by atoms with Crippen molar-refractivity contribution >= 4 is 51.8 Å². The molecule has 0 spiro atoms. The molecule has 1 amide bonds. The van der Waals surface area contributed by atoms with Gasteiger partial charge in [0.05, 0.1) is 22.7 Å². The van der Waals surface area contributed by atoms with E-state index >= 15 is 0 Å². The summed E-state index contributed by atoms with van der Waals surface area (Å²) >= 11 is 13.8. The smallest absolute Gasteiger partial charge is 0.247 e. The van der Waals surface area contributed by atoms with Crippen LogP contribution in [0.5, 0.6) is 11.5 Å². The van der Waals surface area contributed by atoms with Gasteiger partial charge < -0.3 is 15.2 Å². The summed E-state index contributed by atoms with van der Waals surface area (Å²) in [5, 5.41) is 12.8. The fourth-order valence-corrected chi connectivity index (χ4v) is 4.52. The third kappa shape index (κ3) is 9.29. The van der Waals surface area contributed by atoms with Crippen molar-refractivity contribution < 1.29 is 14.3 Å². The second-order valence-electron chi connectivity index (χ2n) is 7.97. The predicted octanol–water partition coefficient (Wildman–Crippen LogP) is 5.70. The Morgan fingerprint density at radius 3 is 2.47 bits per heavy atom. The SMILES string of the molecule is CCCCCCc1ccc(OCCOc2c(Cl)cc(/C=N\NC(=O)Cc3nnc(N)s3)cc2Cl)cc1. The molecule has 0 atom stereocenters. The number of nitrogens with one attached hydrogen (secondary N) is 1. The van der Waals surface area contributed by atoms with Gasteiger partial charge in [0, 0.05) is 0 Å². The maximum absolute atomic E-state index is 11.9. The molecule has 192 valence electrons. The van der Waals surface area contributed by atoms with Crippen LogP contribution in [-0.2, 0) is 17.6 Å². The van der Waals surface area contributed by atoms with Crippen LogP contribution in [0.15, 0.2) is 41.5 Å². The number of unbranched alkanes of at least 4 members (excludes halogenated alkanes) is 3. The number of hydrogen-bond donors (Lipinski definition) is 2. The van der Waals surface area contributed by atoms with Gasteiger partial charge in [0.2, 0.25) is 11.0 Å². The molecule has 1 aromatic heterocycles. The number of nitrogen functional groups attached to an aromatic ring is 1. The number of hydrogen-bond acceptors (Lipinski definition) is 8. The molecule has 3 aromatic rings. The maximum atomic E-state index is 11.9. The third-order valence-corrected chi connectivity index (χ3v) is 6.37. The van der Waals surface area contributed by atoms with E-state index in [4.69, 9.17) is 38.4 Å². The van der Waals surface area contributed by atoms with Crippen molar-refractivity contribution in [2.75, 3.05) is 18.9 Å². The second kappa shape index (κ2) is 14.6. The topological polar surface area (TPSA) is 112 Å². The van der Waals surface area contributed by atoms with Gasteiger partial charge in [0.25, 0.3) is 0 Å². The molecule has 3 rings (SSSR count). The Labute approximate surface area is 224 Å². The highest BCUT2D eigenvalue weighted by Gasteiger charge is 2.10. The zero-order valence-corrected chi connectivity index (χ0v) is 22.3. The van der Waals surface area contributed by atoms with Crippen LogP contribution in [0, 0.1) is 0 Å². The molecule has 11 heteroatoms. The number of halogens is 2. The number of rotatable bonds is 14. The summed E-state index contributed by atoms with van der Waals surface area (Å²) in [6.45, 7) is 2.84. The van der Waals surface area contributed by atoms with Crippen LogP contribution in [0.4, 0.5) is 5.13 Å². The fraction of sp³-hybridized carbons (Fsp3) is 0.360. The number of carbonyl (C=O) groups excluding carboxylic acids is 1. The number of carbonyl (C=O) groups is 1. The summed E-state index contributed by atoms with van der Waals surface area (Å²) < 4.78 is 11.5. The number of nitrogens with zero attached hydrogens (tertiary/aromatic N) is 3. The van der Waals surface area contributed by atoms with E-state index in [9.17, 15) is 4.79 Å². The lowest BCUT2D eigenvalue weighted by Gasteiger charge is -2.12. The fourth-order valence-electron chi connectivity index (χ4n) is 3.30. The van der Waals surface area contributed by atoms with E-state index in [-0.39, 0.29) is 18.9 Å². The molecule has 0 unspecified atom stereocenters. The molecule has 0 fully saturated rings. The summed E-state index contributed by atoms with van der Waals surface area (Å²) in [5.41, 5.74) is 9.83. The molecule has 3 N–H and O–H groups in total. The Hall–Kier alpha value is -2.88. The van der Waals surface area contributed by atoms with Gasteiger partial charge in [0.15, 0.2) is 5.75 Å². The first-order chi connectivity index (χ1) is 17.4. The van der Waals surface area contributed by atoms with Crippen molar-refractivity contribution in [2.45, 2.75) is 45.4 Å². The molecule has 0 saturated heterocycles. The molecular formula is C25H29Cl2N5O3S. The Morgan fingerprint density at radius 2 is 1.81 bits per heavy atom. The Morgan fingerprint density at radius 1 is 1.08 bits per heavy atom. The van der Waals surface area contributed by atoms with Gasteiger partial charge in [-0.1, -0.05) is 72.9 Å². The standard InChI is InChI=1S/C25H29Cl2N5O3S/c1-2-3-4-5-6-17-7-9-19(10-8-17)34-11-12-35-24-20(26)13-18(14-21(24)27)16-29-30-22(33)15-23-31-32-25(28)36-23/h7-10,13-14,16H,2-6,11-12,15H2,1H3,(H2,28,32)(H,30,33)/b29-16-. The predicted molar refractivity (Wildman–Crippen MR) is 146 cm³/mol. The van der Waals surface area contributed by atoms with Crippen molar-refractivity contribution in [1.29, 1.82) is 0 Å². The summed E-state index contributed by atoms with van der Waals surface area (Å²) in [5.74, 6) is 0.803. The van der Waals surface area contributed by atoms with Crippen molar-refractivity contribution in [2.24, 2.45) is 5.10 Å². The van der Waals surface area contributed by atoms with Crippen LogP contribution in [0.3, 0.4) is 0 Å². The minimum absolute atomic E-state index is 0.0335. The average Bonchev–Trinajstić information content (AvgIpc) is 3.26. The molecule has 0 saturated carbocycles. The highest BCUT2D eigenvalue weighted by Crippen LogP contribution is 2.33. The number of hydrazone groups is 1. The minimum Gasteiger partial charge on any atom is -0.490 e. The molecule has 0 radical (unpaired) electrons. The lowest BCUT2D eigenvalue weighted by atomic mass is 10.1. The van der Waals surface area contributed by atoms with Gasteiger partial charge in [0.1, 0.15) is 24.0 Å². The van der Waals surface area contributed by atoms with Crippen molar-refractivity contribution in [3.05, 3.63) is 62.6 Å². The summed E-state index contributed by atoms with van der Waals surface area (Å²) in [6, 6.07) is 11.4. The van der Waals surface area contributed by atoms with E-state index in [0.29, 0.717) is 38.1 Å². The molecule has 1 heterocycles. The second-order valence-corrected chi connectivity index (χ2v) is 9.88. The van der Waals surface area contributed by atoms with Crippen LogP contribution in [0.25, 0.3) is 0 Å². The van der Waals surface area contributed by atoms with Crippen molar-refractivity contribution in [3.63, 3.8) is 0 Å². The number of nitrogens with two attached hydrogens (primary N) is 1.